The Kier molecular flexibility index (Phi) is 5.22. The van der Waals surface area contributed by atoms with Gasteiger partial charge >= 0.3 is 0 Å². The van der Waals surface area contributed by atoms with Gasteiger partial charge in [0.2, 0.25) is 0 Å². The monoisotopic (exact) mass is 378 g/mol. The Hall–Kier alpha value is -0.120. The van der Waals surface area contributed by atoms with E-state index in [1.54, 1.807) is 0 Å². The summed E-state index contributed by atoms with van der Waals surface area (Å²) in [5.41, 5.74) is 0.146. The van der Waals surface area contributed by atoms with Crippen LogP contribution in [0.1, 0.15) is 85.5 Å². The quantitative estimate of drug-likeness (QED) is 0.683. The first-order valence-electron chi connectivity index (χ1n) is 11.8. The zero-order chi connectivity index (χ0) is 19.6. The molecule has 0 bridgehead atoms. The SMILES string of the molecule is CCC[C@@H](C)[C@H]1CC[C@H]2[C@@H]3[C@H](O)C[C@@H]4CC(O)CC[C@]4(C)[C@H]3C[C@H](O)[C@]12C. The molecule has 0 spiro atoms. The van der Waals surface area contributed by atoms with Gasteiger partial charge in [0.05, 0.1) is 18.3 Å². The van der Waals surface area contributed by atoms with Gasteiger partial charge in [0.15, 0.2) is 0 Å². The van der Waals surface area contributed by atoms with Gasteiger partial charge in [-0.05, 0) is 91.3 Å². The minimum absolute atomic E-state index is 0.0336. The van der Waals surface area contributed by atoms with Crippen LogP contribution in [0.15, 0.2) is 0 Å². The van der Waals surface area contributed by atoms with E-state index in [0.717, 1.165) is 32.1 Å². The first kappa shape index (κ1) is 20.2. The van der Waals surface area contributed by atoms with E-state index in [1.807, 2.05) is 0 Å². The lowest BCUT2D eigenvalue weighted by atomic mass is 9.43. The second-order valence-electron chi connectivity index (χ2n) is 11.3. The van der Waals surface area contributed by atoms with Gasteiger partial charge < -0.3 is 15.3 Å². The molecule has 4 aliphatic rings. The lowest BCUT2D eigenvalue weighted by Crippen LogP contribution is -2.62. The second-order valence-corrected chi connectivity index (χ2v) is 11.3. The van der Waals surface area contributed by atoms with E-state index in [2.05, 4.69) is 27.7 Å². The molecule has 27 heavy (non-hydrogen) atoms. The Morgan fingerprint density at radius 3 is 2.41 bits per heavy atom. The van der Waals surface area contributed by atoms with Crippen LogP contribution in [0.2, 0.25) is 0 Å². The Bertz CT molecular complexity index is 550. The summed E-state index contributed by atoms with van der Waals surface area (Å²) in [6.45, 7) is 9.42. The maximum absolute atomic E-state index is 11.5. The number of aliphatic hydroxyl groups excluding tert-OH is 3. The standard InChI is InChI=1S/C24H42O3/c1-5-6-14(2)17-7-8-18-22-19(13-21(27)24(17,18)4)23(3)10-9-16(25)11-15(23)12-20(22)26/h14-22,25-27H,5-13H2,1-4H3/t14-,15+,16?,17-,18+,19+,20-,21+,22+,23+,24-/m1/s1. The van der Waals surface area contributed by atoms with Crippen LogP contribution < -0.4 is 0 Å². The fourth-order valence-corrected chi connectivity index (χ4v) is 8.79. The van der Waals surface area contributed by atoms with Crippen LogP contribution in [-0.2, 0) is 0 Å². The molecule has 0 aromatic heterocycles. The van der Waals surface area contributed by atoms with Crippen molar-refractivity contribution in [3.05, 3.63) is 0 Å². The van der Waals surface area contributed by atoms with Crippen LogP contribution in [0.5, 0.6) is 0 Å². The lowest BCUT2D eigenvalue weighted by Gasteiger charge is -2.63. The molecule has 3 nitrogen and oxygen atoms in total. The molecule has 0 heterocycles. The van der Waals surface area contributed by atoms with Crippen molar-refractivity contribution in [1.82, 2.24) is 0 Å². The second kappa shape index (κ2) is 6.99. The maximum atomic E-state index is 11.5. The van der Waals surface area contributed by atoms with Crippen LogP contribution in [0.3, 0.4) is 0 Å². The molecule has 11 atom stereocenters. The van der Waals surface area contributed by atoms with E-state index < -0.39 is 0 Å². The zero-order valence-electron chi connectivity index (χ0n) is 17.9. The normalized spacial score (nSPS) is 56.1. The van der Waals surface area contributed by atoms with Crippen molar-refractivity contribution < 1.29 is 15.3 Å². The van der Waals surface area contributed by atoms with Gasteiger partial charge in [-0.3, -0.25) is 0 Å². The summed E-state index contributed by atoms with van der Waals surface area (Å²) in [5.74, 6) is 2.86. The molecule has 0 aliphatic heterocycles. The molecule has 0 radical (unpaired) electrons. The molecule has 3 N–H and O–H groups in total. The molecule has 0 saturated heterocycles. The minimum Gasteiger partial charge on any atom is -0.393 e. The van der Waals surface area contributed by atoms with Gasteiger partial charge in [-0.15, -0.1) is 0 Å². The van der Waals surface area contributed by atoms with Gasteiger partial charge in [0, 0.05) is 0 Å². The number of fused-ring (bicyclic) bond motifs is 5. The van der Waals surface area contributed by atoms with Crippen molar-refractivity contribution in [3.63, 3.8) is 0 Å². The molecule has 3 heteroatoms. The van der Waals surface area contributed by atoms with Crippen molar-refractivity contribution in [1.29, 1.82) is 0 Å². The summed E-state index contributed by atoms with van der Waals surface area (Å²) >= 11 is 0. The third-order valence-electron chi connectivity index (χ3n) is 10.3. The average molecular weight is 379 g/mol. The number of hydrogen-bond donors (Lipinski definition) is 3. The van der Waals surface area contributed by atoms with Crippen LogP contribution in [0.25, 0.3) is 0 Å². The minimum atomic E-state index is -0.254. The number of rotatable bonds is 3. The molecule has 4 aliphatic carbocycles. The predicted octanol–water partition coefficient (Wildman–Crippen LogP) is 4.38. The molecule has 0 aromatic rings. The van der Waals surface area contributed by atoms with Gasteiger partial charge in [-0.25, -0.2) is 0 Å². The summed E-state index contributed by atoms with van der Waals surface area (Å²) in [7, 11) is 0. The maximum Gasteiger partial charge on any atom is 0.0602 e. The molecule has 4 rings (SSSR count). The summed E-state index contributed by atoms with van der Waals surface area (Å²) in [4.78, 5) is 0. The van der Waals surface area contributed by atoms with Gasteiger partial charge in [0.1, 0.15) is 0 Å². The topological polar surface area (TPSA) is 60.7 Å². The Morgan fingerprint density at radius 1 is 0.963 bits per heavy atom. The zero-order valence-corrected chi connectivity index (χ0v) is 17.9. The Balaban J connectivity index is 1.66. The van der Waals surface area contributed by atoms with E-state index in [4.69, 9.17) is 0 Å². The van der Waals surface area contributed by atoms with Crippen molar-refractivity contribution in [3.8, 4) is 0 Å². The van der Waals surface area contributed by atoms with Crippen LogP contribution >= 0.6 is 0 Å². The Morgan fingerprint density at radius 2 is 1.70 bits per heavy atom. The highest BCUT2D eigenvalue weighted by Crippen LogP contribution is 2.68. The third kappa shape index (κ3) is 2.86. The van der Waals surface area contributed by atoms with Crippen molar-refractivity contribution in [2.24, 2.45) is 46.3 Å². The van der Waals surface area contributed by atoms with E-state index in [0.29, 0.717) is 35.5 Å². The third-order valence-corrected chi connectivity index (χ3v) is 10.3. The molecule has 4 fully saturated rings. The van der Waals surface area contributed by atoms with Crippen molar-refractivity contribution in [2.45, 2.75) is 104 Å². The number of hydrogen-bond acceptors (Lipinski definition) is 3. The van der Waals surface area contributed by atoms with E-state index >= 15 is 0 Å². The molecule has 1 unspecified atom stereocenters. The average Bonchev–Trinajstić information content (AvgIpc) is 2.96. The largest absolute Gasteiger partial charge is 0.393 e. The summed E-state index contributed by atoms with van der Waals surface area (Å²) in [5, 5.41) is 32.9. The van der Waals surface area contributed by atoms with Gasteiger partial charge in [-0.2, -0.15) is 0 Å². The van der Waals surface area contributed by atoms with Gasteiger partial charge in [-0.1, -0.05) is 40.5 Å². The van der Waals surface area contributed by atoms with Crippen LogP contribution in [0, 0.1) is 46.3 Å². The molecule has 0 amide bonds. The highest BCUT2D eigenvalue weighted by molar-refractivity contribution is 5.14. The van der Waals surface area contributed by atoms with Gasteiger partial charge in [0.25, 0.3) is 0 Å². The van der Waals surface area contributed by atoms with E-state index in [9.17, 15) is 15.3 Å². The lowest BCUT2D eigenvalue weighted by molar-refractivity contribution is -0.207. The molecular formula is C24H42O3. The van der Waals surface area contributed by atoms with E-state index in [1.165, 1.54) is 25.7 Å². The van der Waals surface area contributed by atoms with Crippen molar-refractivity contribution >= 4 is 0 Å². The first-order chi connectivity index (χ1) is 12.7. The fourth-order valence-electron chi connectivity index (χ4n) is 8.79. The van der Waals surface area contributed by atoms with Crippen LogP contribution in [-0.4, -0.2) is 33.6 Å². The van der Waals surface area contributed by atoms with E-state index in [-0.39, 0.29) is 29.1 Å². The fraction of sp³-hybridized carbons (Fsp3) is 1.00. The molecular weight excluding hydrogens is 336 g/mol. The predicted molar refractivity (Wildman–Crippen MR) is 108 cm³/mol. The highest BCUT2D eigenvalue weighted by atomic mass is 16.3. The smallest absolute Gasteiger partial charge is 0.0602 e. The Labute approximate surface area is 165 Å². The molecule has 156 valence electrons. The van der Waals surface area contributed by atoms with Crippen molar-refractivity contribution in [2.75, 3.05) is 0 Å². The first-order valence-corrected chi connectivity index (χ1v) is 11.8. The summed E-state index contributed by atoms with van der Waals surface area (Å²) < 4.78 is 0. The molecule has 0 aromatic carbocycles. The van der Waals surface area contributed by atoms with Crippen LogP contribution in [0.4, 0.5) is 0 Å². The molecule has 4 saturated carbocycles. The number of aliphatic hydroxyl groups is 3. The summed E-state index contributed by atoms with van der Waals surface area (Å²) in [6.07, 6.45) is 8.64. The summed E-state index contributed by atoms with van der Waals surface area (Å²) in [6, 6.07) is 0. The highest BCUT2D eigenvalue weighted by Gasteiger charge is 2.65.